The zero-order valence-corrected chi connectivity index (χ0v) is 9.76. The first-order chi connectivity index (χ1) is 7.80. The summed E-state index contributed by atoms with van der Waals surface area (Å²) < 4.78 is 4.88. The van der Waals surface area contributed by atoms with Gasteiger partial charge in [-0.2, -0.15) is 0 Å². The first kappa shape index (κ1) is 13.0. The third-order valence-electron chi connectivity index (χ3n) is 2.61. The number of carboxylic acids is 1. The van der Waals surface area contributed by atoms with Crippen LogP contribution in [0.1, 0.15) is 19.4 Å². The number of methoxy groups -OCH3 is 1. The van der Waals surface area contributed by atoms with Crippen molar-refractivity contribution in [2.75, 3.05) is 7.11 Å². The lowest BCUT2D eigenvalue weighted by atomic mass is 9.83. The van der Waals surface area contributed by atoms with Crippen molar-refractivity contribution in [2.45, 2.75) is 19.3 Å². The van der Waals surface area contributed by atoms with Gasteiger partial charge in [-0.1, -0.05) is 0 Å². The Bertz CT molecular complexity index is 467. The van der Waals surface area contributed by atoms with Crippen molar-refractivity contribution in [1.29, 1.82) is 0 Å². The maximum atomic E-state index is 11.1. The molecular formula is C11H13NO5. The van der Waals surface area contributed by atoms with Gasteiger partial charge in [0.05, 0.1) is 23.5 Å². The summed E-state index contributed by atoms with van der Waals surface area (Å²) in [6.07, 6.45) is 0. The van der Waals surface area contributed by atoms with E-state index in [1.165, 1.54) is 39.2 Å². The fourth-order valence-corrected chi connectivity index (χ4v) is 1.43. The molecule has 0 saturated carbocycles. The van der Waals surface area contributed by atoms with E-state index >= 15 is 0 Å². The monoisotopic (exact) mass is 239 g/mol. The van der Waals surface area contributed by atoms with E-state index in [1.54, 1.807) is 0 Å². The van der Waals surface area contributed by atoms with Crippen LogP contribution in [0.4, 0.5) is 5.69 Å². The maximum absolute atomic E-state index is 11.1. The molecule has 0 amide bonds. The number of ether oxygens (including phenoxy) is 1. The second-order valence-corrected chi connectivity index (χ2v) is 4.07. The molecule has 0 fully saturated rings. The maximum Gasteiger partial charge on any atom is 0.313 e. The Morgan fingerprint density at radius 1 is 1.47 bits per heavy atom. The van der Waals surface area contributed by atoms with Gasteiger partial charge in [-0.15, -0.1) is 0 Å². The Morgan fingerprint density at radius 2 is 2.06 bits per heavy atom. The van der Waals surface area contributed by atoms with Crippen molar-refractivity contribution < 1.29 is 19.6 Å². The molecule has 1 N–H and O–H groups in total. The number of benzene rings is 1. The number of hydrogen-bond donors (Lipinski definition) is 1. The van der Waals surface area contributed by atoms with Gasteiger partial charge in [0.15, 0.2) is 0 Å². The second kappa shape index (κ2) is 4.40. The summed E-state index contributed by atoms with van der Waals surface area (Å²) in [7, 11) is 1.39. The molecule has 1 aromatic rings. The van der Waals surface area contributed by atoms with Crippen molar-refractivity contribution in [2.24, 2.45) is 0 Å². The molecule has 0 atom stereocenters. The van der Waals surface area contributed by atoms with Crippen molar-refractivity contribution in [3.8, 4) is 5.75 Å². The Morgan fingerprint density at radius 3 is 2.47 bits per heavy atom. The molecule has 0 bridgehead atoms. The van der Waals surface area contributed by atoms with Gasteiger partial charge < -0.3 is 9.84 Å². The normalized spacial score (nSPS) is 11.0. The molecule has 0 aliphatic carbocycles. The van der Waals surface area contributed by atoms with E-state index in [2.05, 4.69) is 0 Å². The minimum absolute atomic E-state index is 0.149. The summed E-state index contributed by atoms with van der Waals surface area (Å²) >= 11 is 0. The molecule has 0 aliphatic rings. The van der Waals surface area contributed by atoms with Gasteiger partial charge in [0.2, 0.25) is 0 Å². The topological polar surface area (TPSA) is 89.7 Å². The molecule has 1 rings (SSSR count). The summed E-state index contributed by atoms with van der Waals surface area (Å²) in [5.41, 5.74) is -1.43. The van der Waals surface area contributed by atoms with E-state index in [1.807, 2.05) is 0 Å². The van der Waals surface area contributed by atoms with Crippen molar-refractivity contribution >= 4 is 11.7 Å². The van der Waals surface area contributed by atoms with Gasteiger partial charge >= 0.3 is 5.97 Å². The molecule has 17 heavy (non-hydrogen) atoms. The SMILES string of the molecule is COc1ccc(C(C)(C)C(=O)O)c([N+](=O)[O-])c1. The molecule has 0 saturated heterocycles. The van der Waals surface area contributed by atoms with E-state index in [9.17, 15) is 14.9 Å². The molecule has 6 heteroatoms. The molecule has 1 aromatic carbocycles. The predicted molar refractivity (Wildman–Crippen MR) is 60.3 cm³/mol. The van der Waals surface area contributed by atoms with Gasteiger partial charge in [-0.25, -0.2) is 0 Å². The van der Waals surface area contributed by atoms with Gasteiger partial charge in [0, 0.05) is 5.56 Å². The van der Waals surface area contributed by atoms with Crippen LogP contribution in [0.2, 0.25) is 0 Å². The first-order valence-electron chi connectivity index (χ1n) is 4.87. The Kier molecular flexibility index (Phi) is 3.36. The van der Waals surface area contributed by atoms with Gasteiger partial charge in [0.1, 0.15) is 5.75 Å². The van der Waals surface area contributed by atoms with E-state index < -0.39 is 16.3 Å². The number of aliphatic carboxylic acids is 1. The summed E-state index contributed by atoms with van der Waals surface area (Å²) in [5, 5.41) is 20.0. The fraction of sp³-hybridized carbons (Fsp3) is 0.364. The van der Waals surface area contributed by atoms with Crippen LogP contribution in [-0.2, 0) is 10.2 Å². The summed E-state index contributed by atoms with van der Waals surface area (Å²) in [4.78, 5) is 21.4. The number of nitro groups is 1. The minimum Gasteiger partial charge on any atom is -0.497 e. The Labute approximate surface area is 98.0 Å². The van der Waals surface area contributed by atoms with Crippen molar-refractivity contribution in [1.82, 2.24) is 0 Å². The number of rotatable bonds is 4. The van der Waals surface area contributed by atoms with Gasteiger partial charge in [-0.3, -0.25) is 14.9 Å². The zero-order valence-electron chi connectivity index (χ0n) is 9.76. The highest BCUT2D eigenvalue weighted by Gasteiger charge is 2.35. The van der Waals surface area contributed by atoms with Crippen LogP contribution < -0.4 is 4.74 Å². The third-order valence-corrected chi connectivity index (χ3v) is 2.61. The first-order valence-corrected chi connectivity index (χ1v) is 4.87. The largest absolute Gasteiger partial charge is 0.497 e. The number of hydrogen-bond acceptors (Lipinski definition) is 4. The lowest BCUT2D eigenvalue weighted by molar-refractivity contribution is -0.386. The molecular weight excluding hydrogens is 226 g/mol. The fourth-order valence-electron chi connectivity index (χ4n) is 1.43. The van der Waals surface area contributed by atoms with E-state index in [4.69, 9.17) is 9.84 Å². The zero-order chi connectivity index (χ0) is 13.2. The highest BCUT2D eigenvalue weighted by molar-refractivity contribution is 5.82. The highest BCUT2D eigenvalue weighted by atomic mass is 16.6. The second-order valence-electron chi connectivity index (χ2n) is 4.07. The third kappa shape index (κ3) is 2.35. The number of carbonyl (C=O) groups is 1. The van der Waals surface area contributed by atoms with E-state index in [0.717, 1.165) is 0 Å². The van der Waals surface area contributed by atoms with Gasteiger partial charge in [-0.05, 0) is 26.0 Å². The molecule has 0 aromatic heterocycles. The van der Waals surface area contributed by atoms with Crippen molar-refractivity contribution in [3.63, 3.8) is 0 Å². The smallest absolute Gasteiger partial charge is 0.313 e. The quantitative estimate of drug-likeness (QED) is 0.640. The minimum atomic E-state index is -1.32. The molecule has 6 nitrogen and oxygen atoms in total. The summed E-state index contributed by atoms with van der Waals surface area (Å²) in [6.45, 7) is 2.84. The summed E-state index contributed by atoms with van der Waals surface area (Å²) in [5.74, 6) is -0.799. The standard InChI is InChI=1S/C11H13NO5/c1-11(2,10(13)14)8-5-4-7(17-3)6-9(8)12(15)16/h4-6H,1-3H3,(H,13,14). The Hall–Kier alpha value is -2.11. The van der Waals surface area contributed by atoms with Crippen LogP contribution in [0.3, 0.4) is 0 Å². The van der Waals surface area contributed by atoms with Crippen LogP contribution in [-0.4, -0.2) is 23.1 Å². The van der Waals surface area contributed by atoms with Crippen molar-refractivity contribution in [3.05, 3.63) is 33.9 Å². The van der Waals surface area contributed by atoms with Crippen LogP contribution in [0, 0.1) is 10.1 Å². The van der Waals surface area contributed by atoms with E-state index in [-0.39, 0.29) is 11.3 Å². The molecule has 0 aliphatic heterocycles. The average Bonchev–Trinajstić information content (AvgIpc) is 2.27. The Balaban J connectivity index is 3.43. The molecule has 0 spiro atoms. The van der Waals surface area contributed by atoms with E-state index in [0.29, 0.717) is 5.75 Å². The van der Waals surface area contributed by atoms with Crippen LogP contribution >= 0.6 is 0 Å². The lowest BCUT2D eigenvalue weighted by Crippen LogP contribution is -2.29. The molecule has 92 valence electrons. The molecule has 0 radical (unpaired) electrons. The van der Waals surface area contributed by atoms with Crippen LogP contribution in [0.15, 0.2) is 18.2 Å². The number of carboxylic acid groups (broad SMARTS) is 1. The summed E-state index contributed by atoms with van der Waals surface area (Å²) in [6, 6.07) is 4.14. The average molecular weight is 239 g/mol. The highest BCUT2D eigenvalue weighted by Crippen LogP contribution is 2.34. The lowest BCUT2D eigenvalue weighted by Gasteiger charge is -2.19. The van der Waals surface area contributed by atoms with Crippen LogP contribution in [0.25, 0.3) is 0 Å². The molecule has 0 heterocycles. The number of nitrogens with zero attached hydrogens (tertiary/aromatic N) is 1. The number of nitro benzene ring substituents is 1. The van der Waals surface area contributed by atoms with Gasteiger partial charge in [0.25, 0.3) is 5.69 Å². The predicted octanol–water partition coefficient (Wildman–Crippen LogP) is 1.97. The van der Waals surface area contributed by atoms with Crippen LogP contribution in [0.5, 0.6) is 5.75 Å². The molecule has 0 unspecified atom stereocenters.